The molecule has 0 radical (unpaired) electrons. The highest BCUT2D eigenvalue weighted by molar-refractivity contribution is 6.30. The SMILES string of the molecule is Cc1cc(Cl)ccc1NC1CCCCC1C1CCCCC1. The molecule has 0 bridgehead atoms. The molecule has 0 amide bonds. The van der Waals surface area contributed by atoms with E-state index >= 15 is 0 Å². The van der Waals surface area contributed by atoms with Gasteiger partial charge in [0.2, 0.25) is 0 Å². The standard InChI is InChI=1S/C19H28ClN/c1-14-13-16(20)11-12-18(14)21-19-10-6-5-9-17(19)15-7-3-2-4-8-15/h11-13,15,17,19,21H,2-10H2,1H3. The molecule has 21 heavy (non-hydrogen) atoms. The predicted molar refractivity (Wildman–Crippen MR) is 92.1 cm³/mol. The van der Waals surface area contributed by atoms with E-state index in [9.17, 15) is 0 Å². The van der Waals surface area contributed by atoms with Crippen molar-refractivity contribution in [3.8, 4) is 0 Å². The first-order chi connectivity index (χ1) is 10.2. The zero-order chi connectivity index (χ0) is 14.7. The molecule has 2 saturated carbocycles. The van der Waals surface area contributed by atoms with E-state index < -0.39 is 0 Å². The minimum absolute atomic E-state index is 0.668. The van der Waals surface area contributed by atoms with Crippen LogP contribution in [0.25, 0.3) is 0 Å². The second-order valence-electron chi connectivity index (χ2n) is 7.06. The van der Waals surface area contributed by atoms with Crippen LogP contribution in [0.2, 0.25) is 5.02 Å². The fourth-order valence-corrected chi connectivity index (χ4v) is 4.68. The molecule has 2 atom stereocenters. The topological polar surface area (TPSA) is 12.0 Å². The summed E-state index contributed by atoms with van der Waals surface area (Å²) in [7, 11) is 0. The van der Waals surface area contributed by atoms with Crippen molar-refractivity contribution in [2.24, 2.45) is 11.8 Å². The Morgan fingerprint density at radius 1 is 0.952 bits per heavy atom. The number of hydrogen-bond donors (Lipinski definition) is 1. The Morgan fingerprint density at radius 2 is 1.67 bits per heavy atom. The van der Waals surface area contributed by atoms with Gasteiger partial charge in [0.1, 0.15) is 0 Å². The Hall–Kier alpha value is -0.690. The number of rotatable bonds is 3. The number of halogens is 1. The molecule has 3 rings (SSSR count). The summed E-state index contributed by atoms with van der Waals surface area (Å²) in [5.74, 6) is 1.85. The Kier molecular flexibility index (Phi) is 5.11. The molecule has 2 unspecified atom stereocenters. The Morgan fingerprint density at radius 3 is 2.43 bits per heavy atom. The van der Waals surface area contributed by atoms with Crippen LogP contribution in [0.1, 0.15) is 63.4 Å². The minimum atomic E-state index is 0.668. The maximum absolute atomic E-state index is 6.08. The highest BCUT2D eigenvalue weighted by atomic mass is 35.5. The summed E-state index contributed by atoms with van der Waals surface area (Å²) in [4.78, 5) is 0. The van der Waals surface area contributed by atoms with Gasteiger partial charge in [0, 0.05) is 16.8 Å². The third kappa shape index (κ3) is 3.74. The van der Waals surface area contributed by atoms with E-state index in [1.165, 1.54) is 69.0 Å². The average Bonchev–Trinajstić information content (AvgIpc) is 2.51. The third-order valence-electron chi connectivity index (χ3n) is 5.60. The molecule has 1 N–H and O–H groups in total. The minimum Gasteiger partial charge on any atom is -0.382 e. The molecule has 2 heteroatoms. The molecular weight excluding hydrogens is 278 g/mol. The van der Waals surface area contributed by atoms with Crippen LogP contribution in [-0.2, 0) is 0 Å². The van der Waals surface area contributed by atoms with Crippen molar-refractivity contribution in [1.29, 1.82) is 0 Å². The van der Waals surface area contributed by atoms with Crippen molar-refractivity contribution in [2.45, 2.75) is 70.8 Å². The molecular formula is C19H28ClN. The van der Waals surface area contributed by atoms with Gasteiger partial charge in [0.25, 0.3) is 0 Å². The van der Waals surface area contributed by atoms with Crippen LogP contribution in [0.5, 0.6) is 0 Å². The van der Waals surface area contributed by atoms with Crippen LogP contribution >= 0.6 is 11.6 Å². The molecule has 1 aromatic carbocycles. The van der Waals surface area contributed by atoms with Gasteiger partial charge in [-0.2, -0.15) is 0 Å². The molecule has 0 heterocycles. The van der Waals surface area contributed by atoms with Gasteiger partial charge in [0.05, 0.1) is 0 Å². The number of hydrogen-bond acceptors (Lipinski definition) is 1. The van der Waals surface area contributed by atoms with Gasteiger partial charge >= 0.3 is 0 Å². The van der Waals surface area contributed by atoms with Crippen molar-refractivity contribution >= 4 is 17.3 Å². The van der Waals surface area contributed by atoms with E-state index in [0.717, 1.165) is 16.9 Å². The normalized spacial score (nSPS) is 27.5. The van der Waals surface area contributed by atoms with Crippen molar-refractivity contribution in [1.82, 2.24) is 0 Å². The van der Waals surface area contributed by atoms with Gasteiger partial charge in [-0.05, 0) is 55.4 Å². The quantitative estimate of drug-likeness (QED) is 0.701. The van der Waals surface area contributed by atoms with Crippen LogP contribution < -0.4 is 5.32 Å². The van der Waals surface area contributed by atoms with E-state index in [0.29, 0.717) is 6.04 Å². The maximum atomic E-state index is 6.08. The van der Waals surface area contributed by atoms with Gasteiger partial charge < -0.3 is 5.32 Å². The van der Waals surface area contributed by atoms with E-state index in [-0.39, 0.29) is 0 Å². The van der Waals surface area contributed by atoms with E-state index in [1.54, 1.807) is 0 Å². The van der Waals surface area contributed by atoms with Gasteiger partial charge in [-0.15, -0.1) is 0 Å². The fraction of sp³-hybridized carbons (Fsp3) is 0.684. The van der Waals surface area contributed by atoms with Gasteiger partial charge in [-0.1, -0.05) is 56.5 Å². The van der Waals surface area contributed by atoms with Crippen LogP contribution in [0.15, 0.2) is 18.2 Å². The van der Waals surface area contributed by atoms with Crippen LogP contribution in [-0.4, -0.2) is 6.04 Å². The van der Waals surface area contributed by atoms with E-state index in [2.05, 4.69) is 24.4 Å². The molecule has 0 aromatic heterocycles. The first-order valence-corrected chi connectivity index (χ1v) is 9.14. The van der Waals surface area contributed by atoms with Crippen LogP contribution in [0.4, 0.5) is 5.69 Å². The monoisotopic (exact) mass is 305 g/mol. The summed E-state index contributed by atoms with van der Waals surface area (Å²) in [6.45, 7) is 2.16. The van der Waals surface area contributed by atoms with Crippen molar-refractivity contribution in [3.63, 3.8) is 0 Å². The fourth-order valence-electron chi connectivity index (χ4n) is 4.45. The maximum Gasteiger partial charge on any atom is 0.0410 e. The first-order valence-electron chi connectivity index (χ1n) is 8.77. The molecule has 2 fully saturated rings. The molecule has 0 spiro atoms. The second kappa shape index (κ2) is 7.05. The largest absolute Gasteiger partial charge is 0.382 e. The number of aryl methyl sites for hydroxylation is 1. The summed E-state index contributed by atoms with van der Waals surface area (Å²) in [5, 5.41) is 4.70. The van der Waals surface area contributed by atoms with E-state index in [4.69, 9.17) is 11.6 Å². The number of nitrogens with one attached hydrogen (secondary N) is 1. The number of benzene rings is 1. The van der Waals surface area contributed by atoms with Crippen molar-refractivity contribution < 1.29 is 0 Å². The summed E-state index contributed by atoms with van der Waals surface area (Å²) < 4.78 is 0. The molecule has 1 nitrogen and oxygen atoms in total. The highest BCUT2D eigenvalue weighted by Gasteiger charge is 2.32. The molecule has 2 aliphatic carbocycles. The average molecular weight is 306 g/mol. The Bertz CT molecular complexity index is 465. The van der Waals surface area contributed by atoms with Gasteiger partial charge in [-0.25, -0.2) is 0 Å². The summed E-state index contributed by atoms with van der Waals surface area (Å²) in [6, 6.07) is 6.91. The summed E-state index contributed by atoms with van der Waals surface area (Å²) >= 11 is 6.08. The summed E-state index contributed by atoms with van der Waals surface area (Å²) in [6.07, 6.45) is 12.9. The van der Waals surface area contributed by atoms with Crippen molar-refractivity contribution in [3.05, 3.63) is 28.8 Å². The second-order valence-corrected chi connectivity index (χ2v) is 7.49. The Balaban J connectivity index is 1.71. The molecule has 0 aliphatic heterocycles. The lowest BCUT2D eigenvalue weighted by atomic mass is 9.71. The van der Waals surface area contributed by atoms with Crippen molar-refractivity contribution in [2.75, 3.05) is 5.32 Å². The smallest absolute Gasteiger partial charge is 0.0410 e. The van der Waals surface area contributed by atoms with Gasteiger partial charge in [-0.3, -0.25) is 0 Å². The number of anilines is 1. The third-order valence-corrected chi connectivity index (χ3v) is 5.84. The Labute approximate surface area is 134 Å². The van der Waals surface area contributed by atoms with Gasteiger partial charge in [0.15, 0.2) is 0 Å². The lowest BCUT2D eigenvalue weighted by Gasteiger charge is -2.40. The zero-order valence-corrected chi connectivity index (χ0v) is 14.0. The lowest BCUT2D eigenvalue weighted by Crippen LogP contribution is -2.37. The van der Waals surface area contributed by atoms with Crippen LogP contribution in [0, 0.1) is 18.8 Å². The zero-order valence-electron chi connectivity index (χ0n) is 13.2. The molecule has 0 saturated heterocycles. The van der Waals surface area contributed by atoms with Crippen LogP contribution in [0.3, 0.4) is 0 Å². The predicted octanol–water partition coefficient (Wildman–Crippen LogP) is 6.20. The molecule has 2 aliphatic rings. The highest BCUT2D eigenvalue weighted by Crippen LogP contribution is 2.39. The summed E-state index contributed by atoms with van der Waals surface area (Å²) in [5.41, 5.74) is 2.56. The molecule has 1 aromatic rings. The lowest BCUT2D eigenvalue weighted by molar-refractivity contribution is 0.180. The van der Waals surface area contributed by atoms with E-state index in [1.807, 2.05) is 6.07 Å². The first kappa shape index (κ1) is 15.2. The molecule has 116 valence electrons.